The van der Waals surface area contributed by atoms with Crippen molar-refractivity contribution in [2.24, 2.45) is 7.05 Å². The summed E-state index contributed by atoms with van der Waals surface area (Å²) in [6.07, 6.45) is 3.36. The number of Topliss-reactive ketones (excluding diaryl/α,β-unsaturated/α-hetero) is 1. The molecule has 0 aliphatic carbocycles. The molecule has 1 aromatic heterocycles. The Morgan fingerprint density at radius 2 is 2.38 bits per heavy atom. The van der Waals surface area contributed by atoms with Crippen LogP contribution in [0.5, 0.6) is 0 Å². The summed E-state index contributed by atoms with van der Waals surface area (Å²) >= 11 is 0. The highest BCUT2D eigenvalue weighted by Gasteiger charge is 2.09. The van der Waals surface area contributed by atoms with Gasteiger partial charge in [0.15, 0.2) is 0 Å². The van der Waals surface area contributed by atoms with E-state index in [1.54, 1.807) is 17.1 Å². The van der Waals surface area contributed by atoms with Gasteiger partial charge in [-0.15, -0.1) is 0 Å². The molecule has 4 nitrogen and oxygen atoms in total. The molecule has 0 unspecified atom stereocenters. The standard InChI is InChI=1S/C9H14N2O2/c1-7(2)13-5-9(12)8-4-11(3)6-10-8/h4,6-7H,5H2,1-3H3. The predicted molar refractivity (Wildman–Crippen MR) is 48.6 cm³/mol. The number of nitrogens with zero attached hydrogens (tertiary/aromatic N) is 2. The lowest BCUT2D eigenvalue weighted by molar-refractivity contribution is 0.0581. The topological polar surface area (TPSA) is 44.1 Å². The molecule has 4 heteroatoms. The summed E-state index contributed by atoms with van der Waals surface area (Å²) in [4.78, 5) is 15.3. The third-order valence-electron chi connectivity index (χ3n) is 1.54. The second-order valence-corrected chi connectivity index (χ2v) is 3.21. The van der Waals surface area contributed by atoms with Gasteiger partial charge in [0.1, 0.15) is 12.3 Å². The number of ketones is 1. The van der Waals surface area contributed by atoms with E-state index in [1.807, 2.05) is 20.9 Å². The first kappa shape index (κ1) is 9.92. The molecular formula is C9H14N2O2. The zero-order valence-electron chi connectivity index (χ0n) is 8.15. The van der Waals surface area contributed by atoms with Crippen LogP contribution < -0.4 is 0 Å². The normalized spacial score (nSPS) is 10.8. The van der Waals surface area contributed by atoms with Crippen LogP contribution >= 0.6 is 0 Å². The summed E-state index contributed by atoms with van der Waals surface area (Å²) in [5.74, 6) is -0.0747. The summed E-state index contributed by atoms with van der Waals surface area (Å²) in [5.41, 5.74) is 0.461. The third-order valence-corrected chi connectivity index (χ3v) is 1.54. The minimum atomic E-state index is -0.0747. The van der Waals surface area contributed by atoms with E-state index in [1.165, 1.54) is 0 Å². The average molecular weight is 182 g/mol. The molecule has 0 aliphatic heterocycles. The van der Waals surface area contributed by atoms with Crippen molar-refractivity contribution in [3.63, 3.8) is 0 Å². The van der Waals surface area contributed by atoms with Crippen molar-refractivity contribution in [3.8, 4) is 0 Å². The fraction of sp³-hybridized carbons (Fsp3) is 0.556. The van der Waals surface area contributed by atoms with E-state index in [0.29, 0.717) is 5.69 Å². The van der Waals surface area contributed by atoms with E-state index in [4.69, 9.17) is 4.74 Å². The molecule has 72 valence electrons. The first-order valence-electron chi connectivity index (χ1n) is 4.22. The number of carbonyl (C=O) groups is 1. The number of carbonyl (C=O) groups excluding carboxylic acids is 1. The van der Waals surface area contributed by atoms with E-state index in [-0.39, 0.29) is 18.5 Å². The second kappa shape index (κ2) is 4.18. The summed E-state index contributed by atoms with van der Waals surface area (Å²) in [7, 11) is 1.83. The van der Waals surface area contributed by atoms with Gasteiger partial charge in [0.2, 0.25) is 5.78 Å². The summed E-state index contributed by atoms with van der Waals surface area (Å²) in [6, 6.07) is 0. The number of hydrogen-bond acceptors (Lipinski definition) is 3. The molecule has 0 radical (unpaired) electrons. The number of hydrogen-bond donors (Lipinski definition) is 0. The van der Waals surface area contributed by atoms with Gasteiger partial charge >= 0.3 is 0 Å². The van der Waals surface area contributed by atoms with Gasteiger partial charge in [-0.3, -0.25) is 4.79 Å². The van der Waals surface area contributed by atoms with E-state index in [0.717, 1.165) is 0 Å². The molecule has 1 aromatic rings. The highest BCUT2D eigenvalue weighted by Crippen LogP contribution is 1.98. The van der Waals surface area contributed by atoms with Crippen LogP contribution in [0.15, 0.2) is 12.5 Å². The van der Waals surface area contributed by atoms with Crippen molar-refractivity contribution < 1.29 is 9.53 Å². The first-order chi connectivity index (χ1) is 6.09. The SMILES string of the molecule is CC(C)OCC(=O)c1cn(C)cn1. The molecule has 0 N–H and O–H groups in total. The van der Waals surface area contributed by atoms with Gasteiger partial charge in [0.25, 0.3) is 0 Å². The van der Waals surface area contributed by atoms with Crippen molar-refractivity contribution in [2.45, 2.75) is 20.0 Å². The number of rotatable bonds is 4. The van der Waals surface area contributed by atoms with Crippen molar-refractivity contribution in [2.75, 3.05) is 6.61 Å². The van der Waals surface area contributed by atoms with Gasteiger partial charge in [-0.05, 0) is 13.8 Å². The minimum Gasteiger partial charge on any atom is -0.371 e. The van der Waals surface area contributed by atoms with Crippen molar-refractivity contribution in [3.05, 3.63) is 18.2 Å². The lowest BCUT2D eigenvalue weighted by Crippen LogP contribution is -2.13. The van der Waals surface area contributed by atoms with Gasteiger partial charge in [-0.1, -0.05) is 0 Å². The lowest BCUT2D eigenvalue weighted by atomic mass is 10.3. The molecule has 1 rings (SSSR count). The highest BCUT2D eigenvalue weighted by atomic mass is 16.5. The van der Waals surface area contributed by atoms with Crippen LogP contribution in [0, 0.1) is 0 Å². The van der Waals surface area contributed by atoms with Crippen molar-refractivity contribution in [1.82, 2.24) is 9.55 Å². The molecule has 0 amide bonds. The molecule has 0 fully saturated rings. The largest absolute Gasteiger partial charge is 0.371 e. The Balaban J connectivity index is 2.49. The van der Waals surface area contributed by atoms with E-state index < -0.39 is 0 Å². The van der Waals surface area contributed by atoms with E-state index in [2.05, 4.69) is 4.98 Å². The Morgan fingerprint density at radius 1 is 1.69 bits per heavy atom. The molecule has 0 atom stereocenters. The molecular weight excluding hydrogens is 168 g/mol. The minimum absolute atomic E-state index is 0.0747. The van der Waals surface area contributed by atoms with Gasteiger partial charge in [-0.25, -0.2) is 4.98 Å². The highest BCUT2D eigenvalue weighted by molar-refractivity contribution is 5.95. The molecule has 0 spiro atoms. The lowest BCUT2D eigenvalue weighted by Gasteiger charge is -2.04. The van der Waals surface area contributed by atoms with Gasteiger partial charge in [0, 0.05) is 13.2 Å². The maximum atomic E-state index is 11.4. The van der Waals surface area contributed by atoms with Crippen LogP contribution in [-0.2, 0) is 11.8 Å². The molecule has 1 heterocycles. The fourth-order valence-electron chi connectivity index (χ4n) is 0.873. The molecule has 13 heavy (non-hydrogen) atoms. The van der Waals surface area contributed by atoms with Crippen LogP contribution in [0.2, 0.25) is 0 Å². The zero-order valence-corrected chi connectivity index (χ0v) is 8.15. The second-order valence-electron chi connectivity index (χ2n) is 3.21. The summed E-state index contributed by atoms with van der Waals surface area (Å²) in [5, 5.41) is 0. The fourth-order valence-corrected chi connectivity index (χ4v) is 0.873. The number of aromatic nitrogens is 2. The van der Waals surface area contributed by atoms with Crippen molar-refractivity contribution in [1.29, 1.82) is 0 Å². The first-order valence-corrected chi connectivity index (χ1v) is 4.22. The van der Waals surface area contributed by atoms with Gasteiger partial charge in [-0.2, -0.15) is 0 Å². The Bertz CT molecular complexity index is 292. The maximum Gasteiger partial charge on any atom is 0.208 e. The smallest absolute Gasteiger partial charge is 0.208 e. The van der Waals surface area contributed by atoms with Crippen LogP contribution in [0.25, 0.3) is 0 Å². The monoisotopic (exact) mass is 182 g/mol. The molecule has 0 aromatic carbocycles. The zero-order chi connectivity index (χ0) is 9.84. The average Bonchev–Trinajstić information content (AvgIpc) is 2.47. The van der Waals surface area contributed by atoms with Crippen molar-refractivity contribution >= 4 is 5.78 Å². The maximum absolute atomic E-state index is 11.4. The Morgan fingerprint density at radius 3 is 2.85 bits per heavy atom. The third kappa shape index (κ3) is 2.99. The van der Waals surface area contributed by atoms with E-state index >= 15 is 0 Å². The molecule has 0 saturated heterocycles. The summed E-state index contributed by atoms with van der Waals surface area (Å²) < 4.78 is 6.91. The Labute approximate surface area is 77.5 Å². The molecule has 0 bridgehead atoms. The number of aryl methyl sites for hydroxylation is 1. The Kier molecular flexibility index (Phi) is 3.19. The predicted octanol–water partition coefficient (Wildman–Crippen LogP) is 1.03. The van der Waals surface area contributed by atoms with Crippen LogP contribution in [0.3, 0.4) is 0 Å². The van der Waals surface area contributed by atoms with Gasteiger partial charge < -0.3 is 9.30 Å². The summed E-state index contributed by atoms with van der Waals surface area (Å²) in [6.45, 7) is 3.89. The quantitative estimate of drug-likeness (QED) is 0.653. The van der Waals surface area contributed by atoms with Crippen LogP contribution in [0.4, 0.5) is 0 Å². The number of ether oxygens (including phenoxy) is 1. The molecule has 0 aliphatic rings. The molecule has 0 saturated carbocycles. The van der Waals surface area contributed by atoms with E-state index in [9.17, 15) is 4.79 Å². The number of imidazole rings is 1. The van der Waals surface area contributed by atoms with Crippen LogP contribution in [0.1, 0.15) is 24.3 Å². The van der Waals surface area contributed by atoms with Gasteiger partial charge in [0.05, 0.1) is 12.4 Å². The van der Waals surface area contributed by atoms with Crippen LogP contribution in [-0.4, -0.2) is 28.0 Å². The Hall–Kier alpha value is -1.16.